The second-order valence-electron chi connectivity index (χ2n) is 4.25. The van der Waals surface area contributed by atoms with E-state index in [0.29, 0.717) is 11.3 Å². The van der Waals surface area contributed by atoms with E-state index >= 15 is 0 Å². The van der Waals surface area contributed by atoms with Crippen LogP contribution in [0.1, 0.15) is 38.1 Å². The van der Waals surface area contributed by atoms with Gasteiger partial charge in [-0.3, -0.25) is 4.79 Å². The number of ether oxygens (including phenoxy) is 1. The van der Waals surface area contributed by atoms with Crippen molar-refractivity contribution in [1.82, 2.24) is 0 Å². The molecule has 2 nitrogen and oxygen atoms in total. The fourth-order valence-corrected chi connectivity index (χ4v) is 1.37. The Morgan fingerprint density at radius 2 is 1.88 bits per heavy atom. The number of carbonyl (C=O) groups excluding carboxylic acids is 1. The van der Waals surface area contributed by atoms with Crippen molar-refractivity contribution in [1.29, 1.82) is 0 Å². The molecule has 0 spiro atoms. The zero-order valence-corrected chi connectivity index (χ0v) is 10.3. The molecule has 16 heavy (non-hydrogen) atoms. The summed E-state index contributed by atoms with van der Waals surface area (Å²) in [5.74, 6) is 0.649. The molecule has 0 amide bonds. The van der Waals surface area contributed by atoms with E-state index in [4.69, 9.17) is 4.74 Å². The van der Waals surface area contributed by atoms with E-state index in [2.05, 4.69) is 0 Å². The van der Waals surface area contributed by atoms with E-state index < -0.39 is 0 Å². The summed E-state index contributed by atoms with van der Waals surface area (Å²) in [5.41, 5.74) is 1.61. The van der Waals surface area contributed by atoms with Crippen LogP contribution in [0.2, 0.25) is 0 Å². The zero-order valence-electron chi connectivity index (χ0n) is 10.3. The minimum Gasteiger partial charge on any atom is -0.490 e. The first-order chi connectivity index (χ1) is 7.50. The molecule has 0 aliphatic heterocycles. The summed E-state index contributed by atoms with van der Waals surface area (Å²) in [6.45, 7) is 7.71. The maximum atomic E-state index is 11.9. The fourth-order valence-electron chi connectivity index (χ4n) is 1.37. The Labute approximate surface area is 96.9 Å². The summed E-state index contributed by atoms with van der Waals surface area (Å²) < 4.78 is 5.60. The van der Waals surface area contributed by atoms with E-state index in [1.165, 1.54) is 0 Å². The molecule has 1 rings (SSSR count). The minimum atomic E-state index is -0.00347. The SMILES string of the molecule is CC(C)=CC(=O)c1ccccc1OC(C)C. The summed E-state index contributed by atoms with van der Waals surface area (Å²) in [7, 11) is 0. The van der Waals surface area contributed by atoms with Crippen molar-refractivity contribution in [2.24, 2.45) is 0 Å². The van der Waals surface area contributed by atoms with Crippen LogP contribution in [0, 0.1) is 0 Å². The number of ketones is 1. The third-order valence-electron chi connectivity index (χ3n) is 1.93. The Morgan fingerprint density at radius 3 is 2.44 bits per heavy atom. The zero-order chi connectivity index (χ0) is 12.1. The third kappa shape index (κ3) is 3.54. The quantitative estimate of drug-likeness (QED) is 0.570. The van der Waals surface area contributed by atoms with Crippen molar-refractivity contribution in [3.05, 3.63) is 41.5 Å². The van der Waals surface area contributed by atoms with Gasteiger partial charge in [-0.05, 0) is 45.9 Å². The van der Waals surface area contributed by atoms with E-state index in [1.54, 1.807) is 12.1 Å². The number of para-hydroxylation sites is 1. The molecule has 1 aromatic rings. The first kappa shape index (κ1) is 12.5. The van der Waals surface area contributed by atoms with Crippen LogP contribution < -0.4 is 4.74 Å². The molecule has 0 aliphatic rings. The molecule has 0 saturated heterocycles. The van der Waals surface area contributed by atoms with E-state index in [-0.39, 0.29) is 11.9 Å². The lowest BCUT2D eigenvalue weighted by Crippen LogP contribution is -2.09. The first-order valence-electron chi connectivity index (χ1n) is 5.45. The smallest absolute Gasteiger partial charge is 0.189 e. The maximum Gasteiger partial charge on any atom is 0.189 e. The van der Waals surface area contributed by atoms with E-state index in [9.17, 15) is 4.79 Å². The second kappa shape index (κ2) is 5.50. The van der Waals surface area contributed by atoms with Crippen LogP contribution in [0.4, 0.5) is 0 Å². The lowest BCUT2D eigenvalue weighted by atomic mass is 10.1. The molecule has 0 atom stereocenters. The van der Waals surface area contributed by atoms with Gasteiger partial charge in [-0.15, -0.1) is 0 Å². The molecule has 0 saturated carbocycles. The van der Waals surface area contributed by atoms with Crippen molar-refractivity contribution >= 4 is 5.78 Å². The molecule has 0 aliphatic carbocycles. The van der Waals surface area contributed by atoms with Crippen LogP contribution in [0.25, 0.3) is 0 Å². The highest BCUT2D eigenvalue weighted by atomic mass is 16.5. The van der Waals surface area contributed by atoms with Crippen LogP contribution in [0.5, 0.6) is 5.75 Å². The summed E-state index contributed by atoms with van der Waals surface area (Å²) in [6.07, 6.45) is 1.70. The third-order valence-corrected chi connectivity index (χ3v) is 1.93. The number of allylic oxidation sites excluding steroid dienone is 2. The predicted molar refractivity (Wildman–Crippen MR) is 66.0 cm³/mol. The van der Waals surface area contributed by atoms with Gasteiger partial charge in [0.15, 0.2) is 5.78 Å². The molecular weight excluding hydrogens is 200 g/mol. The average Bonchev–Trinajstić information content (AvgIpc) is 2.16. The van der Waals surface area contributed by atoms with Gasteiger partial charge in [0, 0.05) is 0 Å². The maximum absolute atomic E-state index is 11.9. The van der Waals surface area contributed by atoms with Gasteiger partial charge in [-0.25, -0.2) is 0 Å². The number of carbonyl (C=O) groups is 1. The summed E-state index contributed by atoms with van der Waals surface area (Å²) in [4.78, 5) is 11.9. The van der Waals surface area contributed by atoms with Crippen molar-refractivity contribution in [3.63, 3.8) is 0 Å². The second-order valence-corrected chi connectivity index (χ2v) is 4.25. The Bertz CT molecular complexity index is 399. The largest absolute Gasteiger partial charge is 0.490 e. The monoisotopic (exact) mass is 218 g/mol. The molecule has 2 heteroatoms. The Kier molecular flexibility index (Phi) is 4.29. The predicted octanol–water partition coefficient (Wildman–Crippen LogP) is 3.62. The minimum absolute atomic E-state index is 0.00347. The summed E-state index contributed by atoms with van der Waals surface area (Å²) in [6, 6.07) is 7.34. The number of hydrogen-bond acceptors (Lipinski definition) is 2. The van der Waals surface area contributed by atoms with Crippen molar-refractivity contribution in [2.75, 3.05) is 0 Å². The topological polar surface area (TPSA) is 26.3 Å². The van der Waals surface area contributed by atoms with Crippen LogP contribution in [-0.4, -0.2) is 11.9 Å². The molecule has 1 aromatic carbocycles. The average molecular weight is 218 g/mol. The molecule has 86 valence electrons. The molecular formula is C14H18O2. The van der Waals surface area contributed by atoms with Crippen molar-refractivity contribution < 1.29 is 9.53 Å². The summed E-state index contributed by atoms with van der Waals surface area (Å²) >= 11 is 0. The van der Waals surface area contributed by atoms with Crippen LogP contribution in [-0.2, 0) is 0 Å². The molecule has 0 heterocycles. The Morgan fingerprint density at radius 1 is 1.25 bits per heavy atom. The number of rotatable bonds is 4. The lowest BCUT2D eigenvalue weighted by molar-refractivity contribution is 0.104. The van der Waals surface area contributed by atoms with Gasteiger partial charge in [-0.1, -0.05) is 17.7 Å². The molecule has 0 unspecified atom stereocenters. The highest BCUT2D eigenvalue weighted by molar-refractivity contribution is 6.06. The van der Waals surface area contributed by atoms with Crippen LogP contribution in [0.3, 0.4) is 0 Å². The highest BCUT2D eigenvalue weighted by Crippen LogP contribution is 2.20. The summed E-state index contributed by atoms with van der Waals surface area (Å²) in [5, 5.41) is 0. The Balaban J connectivity index is 3.03. The highest BCUT2D eigenvalue weighted by Gasteiger charge is 2.10. The van der Waals surface area contributed by atoms with Gasteiger partial charge in [0.05, 0.1) is 11.7 Å². The van der Waals surface area contributed by atoms with E-state index in [1.807, 2.05) is 45.9 Å². The van der Waals surface area contributed by atoms with Crippen LogP contribution >= 0.6 is 0 Å². The molecule has 0 fully saturated rings. The molecule has 0 bridgehead atoms. The first-order valence-corrected chi connectivity index (χ1v) is 5.45. The Hall–Kier alpha value is -1.57. The van der Waals surface area contributed by atoms with Gasteiger partial charge in [0.2, 0.25) is 0 Å². The van der Waals surface area contributed by atoms with Gasteiger partial charge in [0.1, 0.15) is 5.75 Å². The fraction of sp³-hybridized carbons (Fsp3) is 0.357. The van der Waals surface area contributed by atoms with Gasteiger partial charge in [-0.2, -0.15) is 0 Å². The van der Waals surface area contributed by atoms with Gasteiger partial charge < -0.3 is 4.74 Å². The van der Waals surface area contributed by atoms with Crippen molar-refractivity contribution in [2.45, 2.75) is 33.8 Å². The molecule has 0 aromatic heterocycles. The standard InChI is InChI=1S/C14H18O2/c1-10(2)9-13(15)12-7-5-6-8-14(12)16-11(3)4/h5-9,11H,1-4H3. The molecule has 0 radical (unpaired) electrons. The van der Waals surface area contributed by atoms with Gasteiger partial charge >= 0.3 is 0 Å². The van der Waals surface area contributed by atoms with Gasteiger partial charge in [0.25, 0.3) is 0 Å². The number of hydrogen-bond donors (Lipinski definition) is 0. The normalized spacial score (nSPS) is 10.1. The molecule has 0 N–H and O–H groups in total. The lowest BCUT2D eigenvalue weighted by Gasteiger charge is -2.12. The van der Waals surface area contributed by atoms with E-state index in [0.717, 1.165) is 5.57 Å². The number of benzene rings is 1. The van der Waals surface area contributed by atoms with Crippen molar-refractivity contribution in [3.8, 4) is 5.75 Å². The van der Waals surface area contributed by atoms with Crippen LogP contribution in [0.15, 0.2) is 35.9 Å².